The van der Waals surface area contributed by atoms with E-state index in [4.69, 9.17) is 9.47 Å². The molecule has 1 atom stereocenters. The fourth-order valence-corrected chi connectivity index (χ4v) is 3.83. The van der Waals surface area contributed by atoms with Crippen molar-refractivity contribution in [2.45, 2.75) is 57.0 Å². The van der Waals surface area contributed by atoms with Crippen molar-refractivity contribution in [3.05, 3.63) is 29.8 Å². The largest absolute Gasteiger partial charge is 0.493 e. The molecule has 0 amide bonds. The van der Waals surface area contributed by atoms with Crippen LogP contribution in [-0.4, -0.2) is 45.4 Å². The molecule has 0 radical (unpaired) electrons. The Balaban J connectivity index is 1.33. The summed E-state index contributed by atoms with van der Waals surface area (Å²) in [6, 6.07) is 8.34. The molecule has 144 valence electrons. The third-order valence-electron chi connectivity index (χ3n) is 5.34. The molecule has 2 N–H and O–H groups in total. The minimum atomic E-state index is 0.466. The minimum absolute atomic E-state index is 0.466. The number of hydrogen-bond acceptors (Lipinski definition) is 3. The maximum absolute atomic E-state index is 5.98. The number of nitrogens with one attached hydrogen (secondary N) is 2. The predicted molar refractivity (Wildman–Crippen MR) is 106 cm³/mol. The molecule has 0 bridgehead atoms. The van der Waals surface area contributed by atoms with Crippen LogP contribution >= 0.6 is 0 Å². The lowest BCUT2D eigenvalue weighted by atomic mass is 9.93. The molecular weight excluding hydrogens is 326 g/mol. The van der Waals surface area contributed by atoms with Crippen LogP contribution in [0.3, 0.4) is 0 Å². The van der Waals surface area contributed by atoms with Crippen molar-refractivity contribution in [3.63, 3.8) is 0 Å². The average Bonchev–Trinajstić information content (AvgIpc) is 2.71. The SMILES string of the molecule is CN=C(NCCCOC1CCCCC1)NCC1CCOc2ccccc21. The standard InChI is InChI=1S/C21H33N3O2/c1-22-21(23-13-7-14-25-18-8-3-2-4-9-18)24-16-17-12-15-26-20-11-6-5-10-19(17)20/h5-6,10-11,17-18H,2-4,7-9,12-16H2,1H3,(H2,22,23,24). The Morgan fingerprint density at radius 1 is 1.15 bits per heavy atom. The average molecular weight is 360 g/mol. The number of benzene rings is 1. The van der Waals surface area contributed by atoms with Gasteiger partial charge in [-0.3, -0.25) is 4.99 Å². The van der Waals surface area contributed by atoms with E-state index in [0.29, 0.717) is 12.0 Å². The Hall–Kier alpha value is -1.75. The summed E-state index contributed by atoms with van der Waals surface area (Å²) in [7, 11) is 1.83. The quantitative estimate of drug-likeness (QED) is 0.445. The first-order chi connectivity index (χ1) is 12.9. The van der Waals surface area contributed by atoms with Gasteiger partial charge in [-0.1, -0.05) is 37.5 Å². The van der Waals surface area contributed by atoms with Crippen molar-refractivity contribution in [2.24, 2.45) is 4.99 Å². The Labute approximate surface area is 157 Å². The van der Waals surface area contributed by atoms with E-state index in [1.165, 1.54) is 37.7 Å². The third-order valence-corrected chi connectivity index (χ3v) is 5.34. The van der Waals surface area contributed by atoms with Crippen molar-refractivity contribution in [1.82, 2.24) is 10.6 Å². The molecule has 0 saturated heterocycles. The highest BCUT2D eigenvalue weighted by molar-refractivity contribution is 5.79. The van der Waals surface area contributed by atoms with E-state index in [-0.39, 0.29) is 0 Å². The van der Waals surface area contributed by atoms with Gasteiger partial charge in [-0.15, -0.1) is 0 Å². The van der Waals surface area contributed by atoms with Gasteiger partial charge in [0.2, 0.25) is 0 Å². The van der Waals surface area contributed by atoms with Gasteiger partial charge in [-0.25, -0.2) is 0 Å². The van der Waals surface area contributed by atoms with Crippen LogP contribution in [-0.2, 0) is 4.74 Å². The summed E-state index contributed by atoms with van der Waals surface area (Å²) in [5, 5.41) is 6.86. The summed E-state index contributed by atoms with van der Waals surface area (Å²) in [6.45, 7) is 3.38. The lowest BCUT2D eigenvalue weighted by molar-refractivity contribution is 0.0277. The number of hydrogen-bond donors (Lipinski definition) is 2. The van der Waals surface area contributed by atoms with Crippen LogP contribution in [0.1, 0.15) is 56.4 Å². The van der Waals surface area contributed by atoms with Crippen LogP contribution in [0, 0.1) is 0 Å². The molecule has 0 spiro atoms. The molecule has 1 aromatic carbocycles. The Morgan fingerprint density at radius 3 is 2.85 bits per heavy atom. The van der Waals surface area contributed by atoms with E-state index >= 15 is 0 Å². The number of aliphatic imine (C=N–C) groups is 1. The summed E-state index contributed by atoms with van der Waals surface area (Å²) in [5.74, 6) is 2.35. The number of ether oxygens (including phenoxy) is 2. The zero-order chi connectivity index (χ0) is 18.0. The second-order valence-electron chi connectivity index (χ2n) is 7.24. The monoisotopic (exact) mass is 359 g/mol. The lowest BCUT2D eigenvalue weighted by Gasteiger charge is -2.26. The molecule has 5 heteroatoms. The van der Waals surface area contributed by atoms with Crippen LogP contribution in [0.15, 0.2) is 29.3 Å². The highest BCUT2D eigenvalue weighted by atomic mass is 16.5. The van der Waals surface area contributed by atoms with Crippen molar-refractivity contribution in [3.8, 4) is 5.75 Å². The Bertz CT molecular complexity index is 570. The normalized spacial score (nSPS) is 21.0. The van der Waals surface area contributed by atoms with Gasteiger partial charge in [0.25, 0.3) is 0 Å². The van der Waals surface area contributed by atoms with E-state index < -0.39 is 0 Å². The maximum Gasteiger partial charge on any atom is 0.190 e. The Morgan fingerprint density at radius 2 is 2.00 bits per heavy atom. The van der Waals surface area contributed by atoms with Crippen LogP contribution in [0.25, 0.3) is 0 Å². The van der Waals surface area contributed by atoms with Crippen molar-refractivity contribution in [2.75, 3.05) is 33.4 Å². The van der Waals surface area contributed by atoms with Gasteiger partial charge in [0, 0.05) is 32.7 Å². The van der Waals surface area contributed by atoms with E-state index in [2.05, 4.69) is 33.8 Å². The molecule has 2 aliphatic rings. The number of fused-ring (bicyclic) bond motifs is 1. The van der Waals surface area contributed by atoms with E-state index in [1.54, 1.807) is 0 Å². The Kier molecular flexibility index (Phi) is 7.62. The van der Waals surface area contributed by atoms with Crippen LogP contribution < -0.4 is 15.4 Å². The highest BCUT2D eigenvalue weighted by Gasteiger charge is 2.21. The number of para-hydroxylation sites is 1. The highest BCUT2D eigenvalue weighted by Crippen LogP contribution is 2.32. The summed E-state index contributed by atoms with van der Waals surface area (Å²) in [6.07, 6.45) is 9.06. The van der Waals surface area contributed by atoms with Crippen molar-refractivity contribution in [1.29, 1.82) is 0 Å². The first-order valence-electron chi connectivity index (χ1n) is 10.1. The topological polar surface area (TPSA) is 54.9 Å². The van der Waals surface area contributed by atoms with Gasteiger partial charge in [0.1, 0.15) is 5.75 Å². The molecule has 1 unspecified atom stereocenters. The van der Waals surface area contributed by atoms with Crippen molar-refractivity contribution < 1.29 is 9.47 Å². The first-order valence-corrected chi connectivity index (χ1v) is 10.1. The van der Waals surface area contributed by atoms with Crippen LogP contribution in [0.4, 0.5) is 0 Å². The molecule has 1 aliphatic carbocycles. The number of guanidine groups is 1. The molecular formula is C21H33N3O2. The van der Waals surface area contributed by atoms with E-state index in [1.807, 2.05) is 13.1 Å². The van der Waals surface area contributed by atoms with Gasteiger partial charge in [-0.2, -0.15) is 0 Å². The lowest BCUT2D eigenvalue weighted by Crippen LogP contribution is -2.40. The molecule has 3 rings (SSSR count). The molecule has 1 heterocycles. The predicted octanol–water partition coefficient (Wildman–Crippen LogP) is 3.46. The third kappa shape index (κ3) is 5.63. The zero-order valence-electron chi connectivity index (χ0n) is 16.0. The maximum atomic E-state index is 5.98. The smallest absolute Gasteiger partial charge is 0.190 e. The molecule has 0 aromatic heterocycles. The van der Waals surface area contributed by atoms with Gasteiger partial charge >= 0.3 is 0 Å². The summed E-state index contributed by atoms with van der Waals surface area (Å²) >= 11 is 0. The molecule has 1 aliphatic heterocycles. The van der Waals surface area contributed by atoms with Crippen LogP contribution in [0.5, 0.6) is 5.75 Å². The van der Waals surface area contributed by atoms with Crippen molar-refractivity contribution >= 4 is 5.96 Å². The van der Waals surface area contributed by atoms with Gasteiger partial charge in [-0.05, 0) is 37.3 Å². The molecule has 26 heavy (non-hydrogen) atoms. The second kappa shape index (κ2) is 10.4. The fourth-order valence-electron chi connectivity index (χ4n) is 3.83. The number of nitrogens with zero attached hydrogens (tertiary/aromatic N) is 1. The fraction of sp³-hybridized carbons (Fsp3) is 0.667. The molecule has 5 nitrogen and oxygen atoms in total. The molecule has 1 aromatic rings. The van der Waals surface area contributed by atoms with Crippen LogP contribution in [0.2, 0.25) is 0 Å². The summed E-state index contributed by atoms with van der Waals surface area (Å²) in [4.78, 5) is 4.34. The van der Waals surface area contributed by atoms with E-state index in [9.17, 15) is 0 Å². The van der Waals surface area contributed by atoms with Gasteiger partial charge in [0.05, 0.1) is 12.7 Å². The summed E-state index contributed by atoms with van der Waals surface area (Å²) in [5.41, 5.74) is 1.29. The molecule has 1 fully saturated rings. The minimum Gasteiger partial charge on any atom is -0.493 e. The first kappa shape index (κ1) is 19.0. The zero-order valence-corrected chi connectivity index (χ0v) is 16.0. The molecule has 1 saturated carbocycles. The second-order valence-corrected chi connectivity index (χ2v) is 7.24. The van der Waals surface area contributed by atoms with E-state index in [0.717, 1.165) is 50.9 Å². The summed E-state index contributed by atoms with van der Waals surface area (Å²) < 4.78 is 11.7. The number of rotatable bonds is 7. The van der Waals surface area contributed by atoms with Gasteiger partial charge in [0.15, 0.2) is 5.96 Å². The van der Waals surface area contributed by atoms with Gasteiger partial charge < -0.3 is 20.1 Å².